The van der Waals surface area contributed by atoms with Crippen LogP contribution in [0.1, 0.15) is 37.5 Å². The predicted molar refractivity (Wildman–Crippen MR) is 90.7 cm³/mol. The van der Waals surface area contributed by atoms with Crippen LogP contribution in [0.2, 0.25) is 0 Å². The molecule has 1 aliphatic carbocycles. The van der Waals surface area contributed by atoms with Gasteiger partial charge in [-0.3, -0.25) is 9.69 Å². The quantitative estimate of drug-likeness (QED) is 0.929. The van der Waals surface area contributed by atoms with Gasteiger partial charge in [-0.2, -0.15) is 0 Å². The number of carbonyl (C=O) groups excluding carboxylic acids is 1. The molecule has 1 aromatic rings. The van der Waals surface area contributed by atoms with Crippen LogP contribution in [0.5, 0.6) is 0 Å². The first-order valence-electron chi connectivity index (χ1n) is 8.39. The van der Waals surface area contributed by atoms with Gasteiger partial charge in [0.1, 0.15) is 0 Å². The minimum Gasteiger partial charge on any atom is -0.340 e. The van der Waals surface area contributed by atoms with Crippen LogP contribution in [-0.2, 0) is 11.3 Å². The van der Waals surface area contributed by atoms with Gasteiger partial charge in [0.15, 0.2) is 0 Å². The van der Waals surface area contributed by atoms with Crippen LogP contribution in [0.3, 0.4) is 0 Å². The number of nitrogens with zero attached hydrogens (tertiary/aromatic N) is 2. The number of rotatable bonds is 3. The lowest BCUT2D eigenvalue weighted by atomic mass is 9.74. The Morgan fingerprint density at radius 3 is 2.77 bits per heavy atom. The van der Waals surface area contributed by atoms with E-state index in [-0.39, 0.29) is 11.5 Å². The summed E-state index contributed by atoms with van der Waals surface area (Å²) in [4.78, 5) is 18.7. The SMILES string of the molecule is CC1(N)CCCCC1C(=O)N1CCN(Cc2cccs2)CC1. The molecule has 4 nitrogen and oxygen atoms in total. The van der Waals surface area contributed by atoms with Crippen molar-refractivity contribution in [3.63, 3.8) is 0 Å². The third-order valence-corrected chi connectivity index (χ3v) is 6.06. The van der Waals surface area contributed by atoms with E-state index in [1.807, 2.05) is 16.2 Å². The topological polar surface area (TPSA) is 49.6 Å². The first-order valence-corrected chi connectivity index (χ1v) is 9.27. The van der Waals surface area contributed by atoms with Gasteiger partial charge in [-0.05, 0) is 31.2 Å². The number of piperazine rings is 1. The summed E-state index contributed by atoms with van der Waals surface area (Å²) < 4.78 is 0. The molecule has 1 saturated carbocycles. The molecule has 0 bridgehead atoms. The molecule has 1 saturated heterocycles. The van der Waals surface area contributed by atoms with Gasteiger partial charge in [-0.15, -0.1) is 11.3 Å². The molecule has 2 N–H and O–H groups in total. The zero-order chi connectivity index (χ0) is 15.6. The maximum atomic E-state index is 12.8. The monoisotopic (exact) mass is 321 g/mol. The minimum absolute atomic E-state index is 0.0186. The Morgan fingerprint density at radius 1 is 1.36 bits per heavy atom. The van der Waals surface area contributed by atoms with Gasteiger partial charge in [0.05, 0.1) is 5.92 Å². The Balaban J connectivity index is 1.53. The van der Waals surface area contributed by atoms with E-state index in [0.29, 0.717) is 5.91 Å². The highest BCUT2D eigenvalue weighted by Gasteiger charge is 2.40. The first kappa shape index (κ1) is 16.0. The summed E-state index contributed by atoms with van der Waals surface area (Å²) in [5, 5.41) is 2.13. The molecule has 2 fully saturated rings. The number of hydrogen-bond donors (Lipinski definition) is 1. The lowest BCUT2D eigenvalue weighted by Gasteiger charge is -2.42. The molecule has 1 aliphatic heterocycles. The fraction of sp³-hybridized carbons (Fsp3) is 0.706. The van der Waals surface area contributed by atoms with Gasteiger partial charge in [0.25, 0.3) is 0 Å². The third kappa shape index (κ3) is 3.53. The van der Waals surface area contributed by atoms with Crippen molar-refractivity contribution in [1.82, 2.24) is 9.80 Å². The lowest BCUT2D eigenvalue weighted by molar-refractivity contribution is -0.140. The normalized spacial score (nSPS) is 30.5. The van der Waals surface area contributed by atoms with Crippen LogP contribution in [0.15, 0.2) is 17.5 Å². The Morgan fingerprint density at radius 2 is 2.14 bits per heavy atom. The maximum Gasteiger partial charge on any atom is 0.227 e. The molecule has 0 aromatic carbocycles. The highest BCUT2D eigenvalue weighted by atomic mass is 32.1. The van der Waals surface area contributed by atoms with E-state index in [9.17, 15) is 4.79 Å². The van der Waals surface area contributed by atoms with Crippen molar-refractivity contribution in [2.45, 2.75) is 44.7 Å². The van der Waals surface area contributed by atoms with Crippen molar-refractivity contribution in [2.24, 2.45) is 11.7 Å². The van der Waals surface area contributed by atoms with Crippen molar-refractivity contribution in [2.75, 3.05) is 26.2 Å². The average Bonchev–Trinajstić information content (AvgIpc) is 3.00. The first-order chi connectivity index (χ1) is 10.6. The number of nitrogens with two attached hydrogens (primary N) is 1. The molecule has 2 aliphatic rings. The standard InChI is InChI=1S/C17H27N3OS/c1-17(18)7-3-2-6-15(17)16(21)20-10-8-19(9-11-20)13-14-5-4-12-22-14/h4-5,12,15H,2-3,6-11,13,18H2,1H3. The van der Waals surface area contributed by atoms with Gasteiger partial charge in [0, 0.05) is 43.1 Å². The molecule has 0 radical (unpaired) electrons. The predicted octanol–water partition coefficient (Wildman–Crippen LogP) is 2.30. The Kier molecular flexibility index (Phi) is 4.85. The second-order valence-corrected chi connectivity index (χ2v) is 8.02. The zero-order valence-electron chi connectivity index (χ0n) is 13.5. The molecule has 3 rings (SSSR count). The van der Waals surface area contributed by atoms with Crippen molar-refractivity contribution in [1.29, 1.82) is 0 Å². The van der Waals surface area contributed by atoms with E-state index in [0.717, 1.165) is 58.4 Å². The van der Waals surface area contributed by atoms with Crippen molar-refractivity contribution >= 4 is 17.2 Å². The van der Waals surface area contributed by atoms with Crippen molar-refractivity contribution < 1.29 is 4.79 Å². The van der Waals surface area contributed by atoms with Gasteiger partial charge in [-0.25, -0.2) is 0 Å². The fourth-order valence-electron chi connectivity index (χ4n) is 3.73. The van der Waals surface area contributed by atoms with Crippen molar-refractivity contribution in [3.05, 3.63) is 22.4 Å². The van der Waals surface area contributed by atoms with Crippen LogP contribution in [0.4, 0.5) is 0 Å². The van der Waals surface area contributed by atoms with E-state index in [4.69, 9.17) is 5.73 Å². The molecule has 0 spiro atoms. The Hall–Kier alpha value is -0.910. The van der Waals surface area contributed by atoms with Crippen LogP contribution < -0.4 is 5.73 Å². The van der Waals surface area contributed by atoms with Gasteiger partial charge in [-0.1, -0.05) is 18.9 Å². The summed E-state index contributed by atoms with van der Waals surface area (Å²) in [6, 6.07) is 4.29. The maximum absolute atomic E-state index is 12.8. The third-order valence-electron chi connectivity index (χ3n) is 5.20. The highest BCUT2D eigenvalue weighted by Crippen LogP contribution is 2.33. The molecule has 122 valence electrons. The number of hydrogen-bond acceptors (Lipinski definition) is 4. The zero-order valence-corrected chi connectivity index (χ0v) is 14.3. The lowest BCUT2D eigenvalue weighted by Crippen LogP contribution is -2.57. The molecule has 1 amide bonds. The summed E-state index contributed by atoms with van der Waals surface area (Å²) >= 11 is 1.81. The van der Waals surface area contributed by atoms with Crippen molar-refractivity contribution in [3.8, 4) is 0 Å². The summed E-state index contributed by atoms with van der Waals surface area (Å²) in [6.45, 7) is 6.70. The second-order valence-electron chi connectivity index (χ2n) is 6.98. The minimum atomic E-state index is -0.316. The smallest absolute Gasteiger partial charge is 0.227 e. The van der Waals surface area contributed by atoms with E-state index in [1.165, 1.54) is 4.88 Å². The summed E-state index contributed by atoms with van der Waals surface area (Å²) in [5.41, 5.74) is 6.07. The number of thiophene rings is 1. The molecule has 5 heteroatoms. The van der Waals surface area contributed by atoms with Crippen LogP contribution in [0, 0.1) is 5.92 Å². The largest absolute Gasteiger partial charge is 0.340 e. The number of amides is 1. The average molecular weight is 321 g/mol. The Bertz CT molecular complexity index is 492. The molecule has 2 atom stereocenters. The Labute approximate surface area is 137 Å². The molecule has 2 heterocycles. The van der Waals surface area contributed by atoms with E-state index in [1.54, 1.807) is 0 Å². The molecular formula is C17H27N3OS. The van der Waals surface area contributed by atoms with Gasteiger partial charge < -0.3 is 10.6 Å². The summed E-state index contributed by atoms with van der Waals surface area (Å²) in [6.07, 6.45) is 4.23. The van der Waals surface area contributed by atoms with Crippen LogP contribution in [0.25, 0.3) is 0 Å². The second kappa shape index (κ2) is 6.69. The molecule has 2 unspecified atom stereocenters. The van der Waals surface area contributed by atoms with E-state index in [2.05, 4.69) is 29.3 Å². The van der Waals surface area contributed by atoms with Gasteiger partial charge >= 0.3 is 0 Å². The van der Waals surface area contributed by atoms with Crippen LogP contribution in [-0.4, -0.2) is 47.4 Å². The summed E-state index contributed by atoms with van der Waals surface area (Å²) in [7, 11) is 0. The van der Waals surface area contributed by atoms with E-state index < -0.39 is 0 Å². The fourth-order valence-corrected chi connectivity index (χ4v) is 4.48. The number of carbonyl (C=O) groups is 1. The molecular weight excluding hydrogens is 294 g/mol. The molecule has 22 heavy (non-hydrogen) atoms. The van der Waals surface area contributed by atoms with Gasteiger partial charge in [0.2, 0.25) is 5.91 Å². The molecule has 1 aromatic heterocycles. The highest BCUT2D eigenvalue weighted by molar-refractivity contribution is 7.09. The summed E-state index contributed by atoms with van der Waals surface area (Å²) in [5.74, 6) is 0.311. The van der Waals surface area contributed by atoms with Crippen LogP contribution >= 0.6 is 11.3 Å². The van der Waals surface area contributed by atoms with E-state index >= 15 is 0 Å².